The molecule has 1 aromatic rings. The second kappa shape index (κ2) is 4.14. The molecule has 4 heteroatoms. The number of nitrogens with zero attached hydrogens (tertiary/aromatic N) is 2. The Morgan fingerprint density at radius 3 is 2.67 bits per heavy atom. The van der Waals surface area contributed by atoms with Gasteiger partial charge in [0.2, 0.25) is 0 Å². The maximum absolute atomic E-state index is 10.1. The summed E-state index contributed by atoms with van der Waals surface area (Å²) in [7, 11) is 0. The molecule has 0 radical (unpaired) electrons. The zero-order valence-electron chi connectivity index (χ0n) is 9.03. The summed E-state index contributed by atoms with van der Waals surface area (Å²) in [6.45, 7) is 2.49. The first-order valence-corrected chi connectivity index (χ1v) is 5.43. The SMILES string of the molecule is Cc1nccnc1NCC1(O)CCCC1. The van der Waals surface area contributed by atoms with Gasteiger partial charge in [0.15, 0.2) is 0 Å². The number of aromatic nitrogens is 2. The number of aryl methyl sites for hydroxylation is 1. The second-order valence-corrected chi connectivity index (χ2v) is 4.28. The van der Waals surface area contributed by atoms with Crippen molar-refractivity contribution in [3.05, 3.63) is 18.1 Å². The third kappa shape index (κ3) is 2.45. The van der Waals surface area contributed by atoms with Gasteiger partial charge in [-0.2, -0.15) is 0 Å². The molecule has 1 aliphatic carbocycles. The lowest BCUT2D eigenvalue weighted by Gasteiger charge is -2.22. The number of hydrogen-bond acceptors (Lipinski definition) is 4. The molecule has 82 valence electrons. The van der Waals surface area contributed by atoms with Crippen molar-refractivity contribution in [2.24, 2.45) is 0 Å². The first-order chi connectivity index (χ1) is 7.20. The van der Waals surface area contributed by atoms with Crippen LogP contribution in [0.4, 0.5) is 5.82 Å². The molecule has 0 atom stereocenters. The van der Waals surface area contributed by atoms with Crippen molar-refractivity contribution >= 4 is 5.82 Å². The highest BCUT2D eigenvalue weighted by atomic mass is 16.3. The third-order valence-electron chi connectivity index (χ3n) is 3.00. The van der Waals surface area contributed by atoms with Gasteiger partial charge in [-0.3, -0.25) is 4.98 Å². The van der Waals surface area contributed by atoms with Gasteiger partial charge in [0.05, 0.1) is 11.3 Å². The average molecular weight is 207 g/mol. The summed E-state index contributed by atoms with van der Waals surface area (Å²) in [4.78, 5) is 8.33. The zero-order valence-corrected chi connectivity index (χ0v) is 9.03. The van der Waals surface area contributed by atoms with Crippen molar-refractivity contribution in [1.29, 1.82) is 0 Å². The summed E-state index contributed by atoms with van der Waals surface area (Å²) >= 11 is 0. The van der Waals surface area contributed by atoms with Gasteiger partial charge in [-0.15, -0.1) is 0 Å². The van der Waals surface area contributed by atoms with Gasteiger partial charge >= 0.3 is 0 Å². The number of nitrogens with one attached hydrogen (secondary N) is 1. The van der Waals surface area contributed by atoms with Crippen LogP contribution in [0.15, 0.2) is 12.4 Å². The Morgan fingerprint density at radius 1 is 1.33 bits per heavy atom. The fraction of sp³-hybridized carbons (Fsp3) is 0.636. The third-order valence-corrected chi connectivity index (χ3v) is 3.00. The summed E-state index contributed by atoms with van der Waals surface area (Å²) in [5, 5.41) is 13.3. The lowest BCUT2D eigenvalue weighted by atomic mass is 10.0. The maximum atomic E-state index is 10.1. The monoisotopic (exact) mass is 207 g/mol. The number of anilines is 1. The molecule has 4 nitrogen and oxygen atoms in total. The van der Waals surface area contributed by atoms with E-state index < -0.39 is 5.60 Å². The highest BCUT2D eigenvalue weighted by Gasteiger charge is 2.30. The van der Waals surface area contributed by atoms with Crippen LogP contribution in [0.5, 0.6) is 0 Å². The van der Waals surface area contributed by atoms with Gasteiger partial charge in [-0.25, -0.2) is 4.98 Å². The molecule has 1 aliphatic rings. The predicted octanol–water partition coefficient (Wildman–Crippen LogP) is 1.50. The minimum atomic E-state index is -0.538. The van der Waals surface area contributed by atoms with Gasteiger partial charge < -0.3 is 10.4 Å². The second-order valence-electron chi connectivity index (χ2n) is 4.28. The number of aliphatic hydroxyl groups is 1. The highest BCUT2D eigenvalue weighted by Crippen LogP contribution is 2.29. The van der Waals surface area contributed by atoms with Crippen molar-refractivity contribution in [3.63, 3.8) is 0 Å². The average Bonchev–Trinajstić information content (AvgIpc) is 2.65. The standard InChI is InChI=1S/C11H17N3O/c1-9-10(13-7-6-12-9)14-8-11(15)4-2-3-5-11/h6-7,15H,2-5,8H2,1H3,(H,13,14). The Hall–Kier alpha value is -1.16. The molecule has 0 bridgehead atoms. The number of hydrogen-bond donors (Lipinski definition) is 2. The highest BCUT2D eigenvalue weighted by molar-refractivity contribution is 5.38. The van der Waals surface area contributed by atoms with E-state index in [2.05, 4.69) is 15.3 Å². The van der Waals surface area contributed by atoms with E-state index in [4.69, 9.17) is 0 Å². The van der Waals surface area contributed by atoms with Gasteiger partial charge in [-0.05, 0) is 19.8 Å². The Morgan fingerprint density at radius 2 is 2.00 bits per heavy atom. The molecule has 0 aromatic carbocycles. The topological polar surface area (TPSA) is 58.0 Å². The smallest absolute Gasteiger partial charge is 0.147 e. The first kappa shape index (κ1) is 10.4. The number of rotatable bonds is 3. The first-order valence-electron chi connectivity index (χ1n) is 5.43. The molecule has 1 heterocycles. The molecular formula is C11H17N3O. The van der Waals surface area contributed by atoms with Crippen molar-refractivity contribution in [2.75, 3.05) is 11.9 Å². The summed E-state index contributed by atoms with van der Waals surface area (Å²) in [6.07, 6.45) is 7.35. The van der Waals surface area contributed by atoms with Gasteiger partial charge in [0.25, 0.3) is 0 Å². The largest absolute Gasteiger partial charge is 0.388 e. The molecule has 0 spiro atoms. The van der Waals surface area contributed by atoms with E-state index in [0.29, 0.717) is 6.54 Å². The summed E-state index contributed by atoms with van der Waals surface area (Å²) < 4.78 is 0. The van der Waals surface area contributed by atoms with Crippen LogP contribution in [0.25, 0.3) is 0 Å². The van der Waals surface area contributed by atoms with E-state index in [1.54, 1.807) is 12.4 Å². The van der Waals surface area contributed by atoms with E-state index >= 15 is 0 Å². The van der Waals surface area contributed by atoms with E-state index in [1.165, 1.54) is 0 Å². The fourth-order valence-electron chi connectivity index (χ4n) is 2.04. The van der Waals surface area contributed by atoms with Crippen molar-refractivity contribution in [3.8, 4) is 0 Å². The van der Waals surface area contributed by atoms with Gasteiger partial charge in [0.1, 0.15) is 5.82 Å². The molecule has 2 N–H and O–H groups in total. The van der Waals surface area contributed by atoms with Crippen LogP contribution in [-0.2, 0) is 0 Å². The van der Waals surface area contributed by atoms with Crippen LogP contribution in [0.1, 0.15) is 31.4 Å². The molecule has 0 amide bonds. The van der Waals surface area contributed by atoms with Crippen molar-refractivity contribution in [2.45, 2.75) is 38.2 Å². The van der Waals surface area contributed by atoms with Gasteiger partial charge in [-0.1, -0.05) is 12.8 Å². The maximum Gasteiger partial charge on any atom is 0.147 e. The Balaban J connectivity index is 1.95. The molecule has 1 saturated carbocycles. The summed E-state index contributed by atoms with van der Waals surface area (Å²) in [5.41, 5.74) is 0.336. The lowest BCUT2D eigenvalue weighted by molar-refractivity contribution is 0.0614. The van der Waals surface area contributed by atoms with E-state index in [-0.39, 0.29) is 0 Å². The fourth-order valence-corrected chi connectivity index (χ4v) is 2.04. The molecular weight excluding hydrogens is 190 g/mol. The van der Waals surface area contributed by atoms with E-state index in [1.807, 2.05) is 6.92 Å². The minimum absolute atomic E-state index is 0.538. The predicted molar refractivity (Wildman–Crippen MR) is 58.7 cm³/mol. The molecule has 0 unspecified atom stereocenters. The lowest BCUT2D eigenvalue weighted by Crippen LogP contribution is -2.33. The van der Waals surface area contributed by atoms with Crippen LogP contribution in [-0.4, -0.2) is 27.2 Å². The Kier molecular flexibility index (Phi) is 2.86. The van der Waals surface area contributed by atoms with Crippen LogP contribution in [0, 0.1) is 6.92 Å². The van der Waals surface area contributed by atoms with Crippen LogP contribution < -0.4 is 5.32 Å². The van der Waals surface area contributed by atoms with E-state index in [9.17, 15) is 5.11 Å². The molecule has 0 aliphatic heterocycles. The van der Waals surface area contributed by atoms with Crippen molar-refractivity contribution in [1.82, 2.24) is 9.97 Å². The molecule has 0 saturated heterocycles. The molecule has 1 fully saturated rings. The van der Waals surface area contributed by atoms with Crippen LogP contribution in [0.2, 0.25) is 0 Å². The van der Waals surface area contributed by atoms with Crippen molar-refractivity contribution < 1.29 is 5.11 Å². The zero-order chi connectivity index (χ0) is 10.7. The molecule has 2 rings (SSSR count). The van der Waals surface area contributed by atoms with E-state index in [0.717, 1.165) is 37.2 Å². The summed E-state index contributed by atoms with van der Waals surface area (Å²) in [6, 6.07) is 0. The van der Waals surface area contributed by atoms with Crippen LogP contribution in [0.3, 0.4) is 0 Å². The molecule has 15 heavy (non-hydrogen) atoms. The van der Waals surface area contributed by atoms with Gasteiger partial charge in [0, 0.05) is 18.9 Å². The molecule has 1 aromatic heterocycles. The summed E-state index contributed by atoms with van der Waals surface area (Å²) in [5.74, 6) is 0.776. The minimum Gasteiger partial charge on any atom is -0.388 e. The Labute approximate surface area is 89.8 Å². The normalized spacial score (nSPS) is 19.1. The Bertz CT molecular complexity index is 334. The van der Waals surface area contributed by atoms with Crippen LogP contribution >= 0.6 is 0 Å². The quantitative estimate of drug-likeness (QED) is 0.788.